The molecule has 0 spiro atoms. The molecule has 7 rings (SSSR count). The molecule has 6 heteroatoms. The minimum atomic E-state index is -0.668. The van der Waals surface area contributed by atoms with Crippen molar-refractivity contribution in [1.29, 1.82) is 0 Å². The van der Waals surface area contributed by atoms with Crippen molar-refractivity contribution < 1.29 is 28.4 Å². The summed E-state index contributed by atoms with van der Waals surface area (Å²) in [5, 5.41) is 0. The molecule has 0 unspecified atom stereocenters. The normalized spacial score (nSPS) is 30.0. The first kappa shape index (κ1) is 35.1. The van der Waals surface area contributed by atoms with Gasteiger partial charge in [0.25, 0.3) is 0 Å². The number of hydrogen-bond donors (Lipinski definition) is 0. The standard InChI is InChI=1S/C44H52O6/c1-43(2)36-24-25-44(43,3)38(26-36)50-42-41(48-30-35-22-14-7-15-23-35)40(47-29-34-20-12-6-13-21-34)39(46-28-33-18-10-5-11-19-33)37(49-42)31-45-27-32-16-8-4-9-17-32/h4-23,36-42H,24-31H2,1-3H3/t36-,37+,38+,39+,40-,41+,42+,44+/m0/s1. The van der Waals surface area contributed by atoms with Crippen LogP contribution in [-0.2, 0) is 54.8 Å². The van der Waals surface area contributed by atoms with Crippen molar-refractivity contribution in [3.8, 4) is 0 Å². The van der Waals surface area contributed by atoms with Gasteiger partial charge in [-0.2, -0.15) is 0 Å². The van der Waals surface area contributed by atoms with Crippen LogP contribution in [0.4, 0.5) is 0 Å². The van der Waals surface area contributed by atoms with E-state index < -0.39 is 30.7 Å². The molecule has 0 aromatic heterocycles. The Morgan fingerprint density at radius 2 is 1.04 bits per heavy atom. The lowest BCUT2D eigenvalue weighted by Crippen LogP contribution is -2.62. The van der Waals surface area contributed by atoms with E-state index in [0.29, 0.717) is 39.0 Å². The molecule has 6 nitrogen and oxygen atoms in total. The number of benzene rings is 4. The molecule has 4 aromatic carbocycles. The van der Waals surface area contributed by atoms with Crippen LogP contribution in [0.5, 0.6) is 0 Å². The third-order valence-electron chi connectivity index (χ3n) is 11.9. The molecule has 3 fully saturated rings. The van der Waals surface area contributed by atoms with Crippen LogP contribution in [0.1, 0.15) is 62.3 Å². The van der Waals surface area contributed by atoms with E-state index in [1.165, 1.54) is 6.42 Å². The van der Waals surface area contributed by atoms with E-state index in [0.717, 1.165) is 35.1 Å². The predicted molar refractivity (Wildman–Crippen MR) is 194 cm³/mol. The fourth-order valence-electron chi connectivity index (χ4n) is 8.35. The molecule has 2 bridgehead atoms. The monoisotopic (exact) mass is 676 g/mol. The zero-order chi connectivity index (χ0) is 34.4. The van der Waals surface area contributed by atoms with Crippen LogP contribution in [0, 0.1) is 16.7 Å². The van der Waals surface area contributed by atoms with Gasteiger partial charge in [0.1, 0.15) is 24.4 Å². The minimum Gasteiger partial charge on any atom is -0.374 e. The second-order valence-electron chi connectivity index (χ2n) is 15.1. The summed E-state index contributed by atoms with van der Waals surface area (Å²) in [6.45, 7) is 9.24. The molecule has 0 radical (unpaired) electrons. The molecule has 50 heavy (non-hydrogen) atoms. The Kier molecular flexibility index (Phi) is 11.1. The lowest BCUT2D eigenvalue weighted by molar-refractivity contribution is -0.342. The van der Waals surface area contributed by atoms with Crippen molar-refractivity contribution in [2.75, 3.05) is 6.61 Å². The maximum Gasteiger partial charge on any atom is 0.187 e. The Balaban J connectivity index is 1.21. The van der Waals surface area contributed by atoms with Gasteiger partial charge in [0.2, 0.25) is 0 Å². The highest BCUT2D eigenvalue weighted by atomic mass is 16.7. The molecule has 3 aliphatic rings. The van der Waals surface area contributed by atoms with Gasteiger partial charge >= 0.3 is 0 Å². The van der Waals surface area contributed by atoms with Crippen LogP contribution >= 0.6 is 0 Å². The number of ether oxygens (including phenoxy) is 6. The van der Waals surface area contributed by atoms with Crippen LogP contribution in [0.3, 0.4) is 0 Å². The highest BCUT2D eigenvalue weighted by Crippen LogP contribution is 2.66. The Labute approximate surface area is 298 Å². The van der Waals surface area contributed by atoms with Gasteiger partial charge in [-0.05, 0) is 58.3 Å². The molecule has 1 aliphatic heterocycles. The summed E-state index contributed by atoms with van der Waals surface area (Å²) in [7, 11) is 0. The van der Waals surface area contributed by atoms with Gasteiger partial charge in [0.05, 0.1) is 39.1 Å². The van der Waals surface area contributed by atoms with Crippen molar-refractivity contribution in [2.24, 2.45) is 16.7 Å². The van der Waals surface area contributed by atoms with Gasteiger partial charge in [-0.1, -0.05) is 142 Å². The Hall–Kier alpha value is -3.36. The highest BCUT2D eigenvalue weighted by molar-refractivity contribution is 5.17. The topological polar surface area (TPSA) is 55.4 Å². The Bertz CT molecular complexity index is 1600. The van der Waals surface area contributed by atoms with Gasteiger partial charge in [0, 0.05) is 0 Å². The van der Waals surface area contributed by atoms with E-state index in [1.807, 2.05) is 72.8 Å². The van der Waals surface area contributed by atoms with E-state index in [1.54, 1.807) is 0 Å². The van der Waals surface area contributed by atoms with Crippen LogP contribution < -0.4 is 0 Å². The van der Waals surface area contributed by atoms with Crippen LogP contribution in [-0.4, -0.2) is 43.4 Å². The average molecular weight is 677 g/mol. The second kappa shape index (κ2) is 15.9. The smallest absolute Gasteiger partial charge is 0.187 e. The second-order valence-corrected chi connectivity index (χ2v) is 15.1. The highest BCUT2D eigenvalue weighted by Gasteiger charge is 2.63. The van der Waals surface area contributed by atoms with Crippen LogP contribution in [0.2, 0.25) is 0 Å². The van der Waals surface area contributed by atoms with E-state index >= 15 is 0 Å². The van der Waals surface area contributed by atoms with Crippen molar-refractivity contribution in [2.45, 2.75) is 103 Å². The summed E-state index contributed by atoms with van der Waals surface area (Å²) in [5.74, 6) is 0.627. The summed E-state index contributed by atoms with van der Waals surface area (Å²) in [4.78, 5) is 0. The van der Waals surface area contributed by atoms with Gasteiger partial charge in [-0.3, -0.25) is 0 Å². The molecule has 0 N–H and O–H groups in total. The molecule has 4 aromatic rings. The van der Waals surface area contributed by atoms with Crippen molar-refractivity contribution >= 4 is 0 Å². The molecule has 1 heterocycles. The zero-order valence-corrected chi connectivity index (χ0v) is 29.7. The summed E-state index contributed by atoms with van der Waals surface area (Å²) in [5.41, 5.74) is 4.59. The van der Waals surface area contributed by atoms with Gasteiger partial charge < -0.3 is 28.4 Å². The maximum absolute atomic E-state index is 7.18. The molecule has 264 valence electrons. The van der Waals surface area contributed by atoms with Crippen LogP contribution in [0.25, 0.3) is 0 Å². The third kappa shape index (κ3) is 7.76. The van der Waals surface area contributed by atoms with E-state index in [9.17, 15) is 0 Å². The largest absolute Gasteiger partial charge is 0.374 e. The molecular weight excluding hydrogens is 624 g/mol. The maximum atomic E-state index is 7.18. The first-order chi connectivity index (χ1) is 24.4. The molecule has 2 aliphatic carbocycles. The van der Waals surface area contributed by atoms with Crippen molar-refractivity contribution in [3.05, 3.63) is 144 Å². The number of fused-ring (bicyclic) bond motifs is 2. The van der Waals surface area contributed by atoms with Gasteiger partial charge in [-0.15, -0.1) is 0 Å². The molecule has 8 atom stereocenters. The summed E-state index contributed by atoms with van der Waals surface area (Å²) in [6.07, 6.45) is 0.820. The number of rotatable bonds is 15. The summed E-state index contributed by atoms with van der Waals surface area (Å²) >= 11 is 0. The van der Waals surface area contributed by atoms with E-state index in [2.05, 4.69) is 69.3 Å². The lowest BCUT2D eigenvalue weighted by Gasteiger charge is -2.48. The molecule has 2 saturated carbocycles. The quantitative estimate of drug-likeness (QED) is 0.125. The minimum absolute atomic E-state index is 0.0470. The third-order valence-corrected chi connectivity index (χ3v) is 11.9. The van der Waals surface area contributed by atoms with Crippen molar-refractivity contribution in [3.63, 3.8) is 0 Å². The Morgan fingerprint density at radius 1 is 0.580 bits per heavy atom. The summed E-state index contributed by atoms with van der Waals surface area (Å²) < 4.78 is 41.2. The lowest BCUT2D eigenvalue weighted by atomic mass is 9.70. The van der Waals surface area contributed by atoms with Crippen molar-refractivity contribution in [1.82, 2.24) is 0 Å². The fraction of sp³-hybridized carbons (Fsp3) is 0.455. The van der Waals surface area contributed by atoms with E-state index in [4.69, 9.17) is 28.4 Å². The first-order valence-electron chi connectivity index (χ1n) is 18.3. The molecular formula is C44H52O6. The van der Waals surface area contributed by atoms with Gasteiger partial charge in [-0.25, -0.2) is 0 Å². The van der Waals surface area contributed by atoms with E-state index in [-0.39, 0.29) is 16.9 Å². The average Bonchev–Trinajstić information content (AvgIpc) is 3.48. The summed E-state index contributed by atoms with van der Waals surface area (Å²) in [6, 6.07) is 41.0. The molecule has 0 amide bonds. The predicted octanol–water partition coefficient (Wildman–Crippen LogP) is 8.92. The van der Waals surface area contributed by atoms with Crippen LogP contribution in [0.15, 0.2) is 121 Å². The SMILES string of the molecule is CC1(C)[C@H]2CC[C@]1(C)[C@H](O[C@H]1O[C@H](COCc3ccccc3)[C@@H](OCc3ccccc3)[C@H](OCc3ccccc3)[C@H]1OCc1ccccc1)C2. The molecule has 1 saturated heterocycles. The first-order valence-corrected chi connectivity index (χ1v) is 18.3. The Morgan fingerprint density at radius 3 is 1.50 bits per heavy atom. The van der Waals surface area contributed by atoms with Gasteiger partial charge in [0.15, 0.2) is 6.29 Å². The fourth-order valence-corrected chi connectivity index (χ4v) is 8.35. The zero-order valence-electron chi connectivity index (χ0n) is 29.7. The number of hydrogen-bond acceptors (Lipinski definition) is 6.